The fourth-order valence-electron chi connectivity index (χ4n) is 3.11. The molecule has 3 aromatic rings. The van der Waals surface area contributed by atoms with Crippen molar-refractivity contribution < 1.29 is 22.3 Å². The van der Waals surface area contributed by atoms with E-state index < -0.39 is 36.1 Å². The van der Waals surface area contributed by atoms with Gasteiger partial charge in [-0.3, -0.25) is 14.8 Å². The van der Waals surface area contributed by atoms with Gasteiger partial charge in [-0.2, -0.15) is 5.10 Å². The third-order valence-corrected chi connectivity index (χ3v) is 4.15. The second-order valence-corrected chi connectivity index (χ2v) is 6.46. The Kier molecular flexibility index (Phi) is 5.01. The molecule has 0 saturated heterocycles. The van der Waals surface area contributed by atoms with Gasteiger partial charge >= 0.3 is 12.1 Å². The Labute approximate surface area is 155 Å². The van der Waals surface area contributed by atoms with E-state index in [1.54, 1.807) is 0 Å². The third kappa shape index (κ3) is 3.78. The minimum Gasteiger partial charge on any atom is -0.406 e. The first kappa shape index (κ1) is 19.6. The van der Waals surface area contributed by atoms with Crippen molar-refractivity contribution >= 4 is 11.0 Å². The molecule has 2 N–H and O–H groups in total. The number of nitrogens with one attached hydrogen (secondary N) is 2. The molecule has 0 spiro atoms. The summed E-state index contributed by atoms with van der Waals surface area (Å²) < 4.78 is 55.6. The number of rotatable bonds is 5. The number of nitrogens with zero attached hydrogens (tertiary/aromatic N) is 2. The van der Waals surface area contributed by atoms with E-state index in [1.165, 1.54) is 16.8 Å². The number of halogens is 4. The molecule has 0 aliphatic rings. The molecule has 2 heterocycles. The Morgan fingerprint density at radius 2 is 1.79 bits per heavy atom. The van der Waals surface area contributed by atoms with Crippen molar-refractivity contribution in [3.05, 3.63) is 56.4 Å². The molecule has 0 fully saturated rings. The smallest absolute Gasteiger partial charge is 0.406 e. The molecule has 0 bridgehead atoms. The van der Waals surface area contributed by atoms with Crippen LogP contribution in [-0.4, -0.2) is 26.1 Å². The van der Waals surface area contributed by atoms with Crippen LogP contribution in [0.3, 0.4) is 0 Å². The quantitative estimate of drug-likeness (QED) is 0.644. The lowest BCUT2D eigenvalue weighted by Crippen LogP contribution is -2.24. The van der Waals surface area contributed by atoms with Gasteiger partial charge < -0.3 is 4.74 Å². The number of alkyl halides is 4. The summed E-state index contributed by atoms with van der Waals surface area (Å²) in [6, 6.07) is 4.55. The van der Waals surface area contributed by atoms with E-state index in [0.29, 0.717) is 5.56 Å². The average Bonchev–Trinajstić information content (AvgIpc) is 2.93. The molecular formula is C17H16F4N4O3. The highest BCUT2D eigenvalue weighted by molar-refractivity contribution is 5.77. The number of benzene rings is 1. The summed E-state index contributed by atoms with van der Waals surface area (Å²) in [4.78, 5) is 28.3. The van der Waals surface area contributed by atoms with Crippen LogP contribution in [0.1, 0.15) is 31.1 Å². The van der Waals surface area contributed by atoms with Crippen LogP contribution in [0, 0.1) is 5.92 Å². The zero-order valence-corrected chi connectivity index (χ0v) is 14.8. The van der Waals surface area contributed by atoms with Gasteiger partial charge in [0.25, 0.3) is 5.56 Å². The number of hydrogen-bond acceptors (Lipinski definition) is 4. The van der Waals surface area contributed by atoms with Crippen LogP contribution >= 0.6 is 0 Å². The predicted octanol–water partition coefficient (Wildman–Crippen LogP) is 3.03. The maximum atomic E-state index is 13.4. The highest BCUT2D eigenvalue weighted by Crippen LogP contribution is 2.31. The minimum atomic E-state index is -4.81. The third-order valence-electron chi connectivity index (χ3n) is 4.15. The molecule has 11 heteroatoms. The summed E-state index contributed by atoms with van der Waals surface area (Å²) in [6.45, 7) is 2.61. The molecule has 0 saturated carbocycles. The van der Waals surface area contributed by atoms with E-state index in [4.69, 9.17) is 0 Å². The highest BCUT2D eigenvalue weighted by atomic mass is 19.4. The van der Waals surface area contributed by atoms with Crippen molar-refractivity contribution in [1.82, 2.24) is 19.7 Å². The molecule has 1 atom stereocenters. The molecule has 2 aromatic heterocycles. The Balaban J connectivity index is 2.14. The first-order valence-electron chi connectivity index (χ1n) is 8.26. The lowest BCUT2D eigenvalue weighted by Gasteiger charge is -2.23. The highest BCUT2D eigenvalue weighted by Gasteiger charge is 2.31. The SMILES string of the molecule is CC(C)[C@H](c1ccc(OC(F)(F)F)cc1)n1nc(CF)c2c(=O)[nH]c(=O)[nH]c21. The first-order chi connectivity index (χ1) is 13.1. The van der Waals surface area contributed by atoms with Crippen molar-refractivity contribution in [2.45, 2.75) is 32.9 Å². The lowest BCUT2D eigenvalue weighted by molar-refractivity contribution is -0.274. The van der Waals surface area contributed by atoms with Gasteiger partial charge in [0.1, 0.15) is 29.2 Å². The number of fused-ring (bicyclic) bond motifs is 1. The molecule has 3 rings (SSSR count). The van der Waals surface area contributed by atoms with E-state index in [9.17, 15) is 27.2 Å². The van der Waals surface area contributed by atoms with Crippen LogP contribution in [-0.2, 0) is 6.67 Å². The van der Waals surface area contributed by atoms with Gasteiger partial charge in [-0.25, -0.2) is 13.9 Å². The molecule has 28 heavy (non-hydrogen) atoms. The Bertz CT molecular complexity index is 1100. The molecule has 150 valence electrons. The van der Waals surface area contributed by atoms with E-state index in [-0.39, 0.29) is 22.6 Å². The topological polar surface area (TPSA) is 92.8 Å². The fourth-order valence-corrected chi connectivity index (χ4v) is 3.11. The van der Waals surface area contributed by atoms with Crippen LogP contribution in [0.4, 0.5) is 17.6 Å². The summed E-state index contributed by atoms with van der Waals surface area (Å²) >= 11 is 0. The molecular weight excluding hydrogens is 384 g/mol. The lowest BCUT2D eigenvalue weighted by atomic mass is 9.96. The van der Waals surface area contributed by atoms with Crippen LogP contribution in [0.2, 0.25) is 0 Å². The van der Waals surface area contributed by atoms with Gasteiger partial charge in [-0.1, -0.05) is 26.0 Å². The van der Waals surface area contributed by atoms with Crippen LogP contribution in [0.5, 0.6) is 5.75 Å². The second-order valence-electron chi connectivity index (χ2n) is 6.46. The largest absolute Gasteiger partial charge is 0.573 e. The normalized spacial score (nSPS) is 13.2. The molecule has 0 radical (unpaired) electrons. The van der Waals surface area contributed by atoms with Crippen molar-refractivity contribution in [3.63, 3.8) is 0 Å². The van der Waals surface area contributed by atoms with Crippen molar-refractivity contribution in [2.24, 2.45) is 5.92 Å². The summed E-state index contributed by atoms with van der Waals surface area (Å²) in [5.41, 5.74) is -1.11. The molecule has 0 aliphatic carbocycles. The van der Waals surface area contributed by atoms with Crippen molar-refractivity contribution in [2.75, 3.05) is 0 Å². The van der Waals surface area contributed by atoms with Gasteiger partial charge in [0, 0.05) is 0 Å². The number of ether oxygens (including phenoxy) is 1. The Morgan fingerprint density at radius 1 is 1.14 bits per heavy atom. The number of aromatic nitrogens is 4. The number of aromatic amines is 2. The van der Waals surface area contributed by atoms with E-state index in [1.807, 2.05) is 18.8 Å². The summed E-state index contributed by atoms with van der Waals surface area (Å²) in [5.74, 6) is -0.550. The summed E-state index contributed by atoms with van der Waals surface area (Å²) in [7, 11) is 0. The molecule has 7 nitrogen and oxygen atoms in total. The zero-order valence-electron chi connectivity index (χ0n) is 14.8. The van der Waals surface area contributed by atoms with Crippen LogP contribution in [0.25, 0.3) is 11.0 Å². The van der Waals surface area contributed by atoms with Crippen LogP contribution in [0.15, 0.2) is 33.9 Å². The van der Waals surface area contributed by atoms with E-state index >= 15 is 0 Å². The van der Waals surface area contributed by atoms with Gasteiger partial charge in [0.15, 0.2) is 0 Å². The van der Waals surface area contributed by atoms with Gasteiger partial charge in [-0.05, 0) is 23.6 Å². The maximum Gasteiger partial charge on any atom is 0.573 e. The molecule has 0 unspecified atom stereocenters. The standard InChI is InChI=1S/C17H16F4N4O3/c1-8(2)13(9-3-5-10(6-4-9)28-17(19,20)21)25-14-12(11(7-18)24-25)15(26)23-16(27)22-14/h3-6,8,13H,7H2,1-2H3,(H2,22,23,26,27)/t13-/m1/s1. The van der Waals surface area contributed by atoms with Crippen molar-refractivity contribution in [1.29, 1.82) is 0 Å². The maximum absolute atomic E-state index is 13.4. The first-order valence-corrected chi connectivity index (χ1v) is 8.26. The number of H-pyrrole nitrogens is 2. The second kappa shape index (κ2) is 7.13. The monoisotopic (exact) mass is 400 g/mol. The van der Waals surface area contributed by atoms with Gasteiger partial charge in [0.2, 0.25) is 0 Å². The minimum absolute atomic E-state index is 0.0377. The Morgan fingerprint density at radius 3 is 2.32 bits per heavy atom. The van der Waals surface area contributed by atoms with Gasteiger partial charge in [-0.15, -0.1) is 13.2 Å². The zero-order chi connectivity index (χ0) is 20.6. The van der Waals surface area contributed by atoms with Crippen molar-refractivity contribution in [3.8, 4) is 5.75 Å². The van der Waals surface area contributed by atoms with E-state index in [0.717, 1.165) is 12.1 Å². The summed E-state index contributed by atoms with van der Waals surface area (Å²) in [5, 5.41) is 4.05. The molecule has 0 aliphatic heterocycles. The Hall–Kier alpha value is -3.11. The molecule has 0 amide bonds. The molecule has 1 aromatic carbocycles. The van der Waals surface area contributed by atoms with E-state index in [2.05, 4.69) is 14.8 Å². The van der Waals surface area contributed by atoms with Crippen LogP contribution < -0.4 is 16.0 Å². The predicted molar refractivity (Wildman–Crippen MR) is 91.9 cm³/mol. The fraction of sp³-hybridized carbons (Fsp3) is 0.353. The summed E-state index contributed by atoms with van der Waals surface area (Å²) in [6.07, 6.45) is -4.81. The number of hydrogen-bond donors (Lipinski definition) is 2. The average molecular weight is 400 g/mol. The van der Waals surface area contributed by atoms with Gasteiger partial charge in [0.05, 0.1) is 6.04 Å².